The molecule has 0 N–H and O–H groups in total. The van der Waals surface area contributed by atoms with Crippen LogP contribution in [0.4, 0.5) is 17.1 Å². The summed E-state index contributed by atoms with van der Waals surface area (Å²) >= 11 is 1.77. The Kier molecular flexibility index (Phi) is 4.61. The lowest BCUT2D eigenvalue weighted by Gasteiger charge is -2.38. The molecule has 0 aliphatic carbocycles. The molecule has 2 aliphatic rings. The van der Waals surface area contributed by atoms with Gasteiger partial charge in [-0.3, -0.25) is 4.90 Å². The lowest BCUT2D eigenvalue weighted by Crippen LogP contribution is -2.21. The van der Waals surface area contributed by atoms with Crippen LogP contribution in [0.2, 0.25) is 0 Å². The minimum absolute atomic E-state index is 0.482. The average molecular weight is 614 g/mol. The second-order valence-corrected chi connectivity index (χ2v) is 12.5. The van der Waals surface area contributed by atoms with Gasteiger partial charge in [0.1, 0.15) is 16.7 Å². The van der Waals surface area contributed by atoms with E-state index in [1.165, 1.54) is 14.8 Å². The van der Waals surface area contributed by atoms with Gasteiger partial charge in [-0.05, 0) is 66.7 Å². The minimum atomic E-state index is 0.482. The molecule has 216 valence electrons. The highest BCUT2D eigenvalue weighted by atomic mass is 32.1. The van der Waals surface area contributed by atoms with Gasteiger partial charge in [-0.25, -0.2) is 9.97 Å². The first-order chi connectivity index (χ1) is 22.8. The lowest BCUT2D eigenvalue weighted by atomic mass is 10.0. The van der Waals surface area contributed by atoms with Crippen molar-refractivity contribution in [2.24, 2.45) is 0 Å². The molecule has 7 nitrogen and oxygen atoms in total. The van der Waals surface area contributed by atoms with E-state index < -0.39 is 0 Å². The summed E-state index contributed by atoms with van der Waals surface area (Å²) in [4.78, 5) is 11.9. The Morgan fingerprint density at radius 1 is 0.522 bits per heavy atom. The van der Waals surface area contributed by atoms with Crippen LogP contribution in [-0.2, 0) is 0 Å². The number of oxazole rings is 2. The van der Waals surface area contributed by atoms with Crippen molar-refractivity contribution in [2.75, 3.05) is 4.90 Å². The number of para-hydroxylation sites is 5. The van der Waals surface area contributed by atoms with E-state index in [1.54, 1.807) is 11.3 Å². The summed E-state index contributed by atoms with van der Waals surface area (Å²) in [6, 6.07) is 38.3. The van der Waals surface area contributed by atoms with Crippen molar-refractivity contribution in [1.82, 2.24) is 9.97 Å². The van der Waals surface area contributed by atoms with Crippen LogP contribution in [0.25, 0.3) is 65.3 Å². The second-order valence-electron chi connectivity index (χ2n) is 11.4. The number of ether oxygens (including phenoxy) is 2. The number of rotatable bonds is 2. The number of anilines is 3. The zero-order valence-electron chi connectivity index (χ0n) is 23.9. The number of benzene rings is 6. The van der Waals surface area contributed by atoms with Crippen LogP contribution in [0, 0.1) is 0 Å². The zero-order chi connectivity index (χ0) is 29.9. The van der Waals surface area contributed by atoms with Gasteiger partial charge >= 0.3 is 0 Å². The Labute approximate surface area is 264 Å². The van der Waals surface area contributed by atoms with Crippen molar-refractivity contribution in [2.45, 2.75) is 0 Å². The van der Waals surface area contributed by atoms with Crippen LogP contribution < -0.4 is 14.4 Å². The first-order valence-electron chi connectivity index (χ1n) is 14.9. The van der Waals surface area contributed by atoms with E-state index >= 15 is 0 Å². The molecule has 3 aromatic heterocycles. The van der Waals surface area contributed by atoms with Gasteiger partial charge in [0.25, 0.3) is 0 Å². The van der Waals surface area contributed by atoms with Crippen LogP contribution in [0.15, 0.2) is 124 Å². The quantitative estimate of drug-likeness (QED) is 0.192. The zero-order valence-corrected chi connectivity index (χ0v) is 24.7. The normalized spacial score (nSPS) is 13.1. The standard InChI is InChI=1S/C38H19N3O4S/c1-6-15-32-20(8-1)23-18-31-27(19-33(23)46-32)41-26-12-7-9-21(37-39-24-10-2-4-13-28(24)44-37)35(26)42-30-17-16-22(36(43-31)34(30)41)38-40-25-11-3-5-14-29(25)45-38/h1-19H. The molecule has 5 heterocycles. The van der Waals surface area contributed by atoms with E-state index in [1.807, 2.05) is 72.8 Å². The molecule has 0 unspecified atom stereocenters. The molecule has 0 spiro atoms. The van der Waals surface area contributed by atoms with Crippen LogP contribution in [0.5, 0.6) is 23.0 Å². The lowest BCUT2D eigenvalue weighted by molar-refractivity contribution is 0.446. The molecule has 8 heteroatoms. The fraction of sp³-hybridized carbons (Fsp3) is 0. The molecule has 0 saturated heterocycles. The molecule has 0 amide bonds. The molecule has 46 heavy (non-hydrogen) atoms. The molecule has 6 aromatic carbocycles. The third-order valence-electron chi connectivity index (χ3n) is 8.73. The Balaban J connectivity index is 1.19. The highest BCUT2D eigenvalue weighted by molar-refractivity contribution is 7.25. The smallest absolute Gasteiger partial charge is 0.231 e. The van der Waals surface area contributed by atoms with Crippen LogP contribution in [-0.4, -0.2) is 9.97 Å². The van der Waals surface area contributed by atoms with Crippen molar-refractivity contribution in [1.29, 1.82) is 0 Å². The van der Waals surface area contributed by atoms with E-state index in [4.69, 9.17) is 28.3 Å². The molecule has 0 atom stereocenters. The summed E-state index contributed by atoms with van der Waals surface area (Å²) in [6.07, 6.45) is 0. The largest absolute Gasteiger partial charge is 0.452 e. The van der Waals surface area contributed by atoms with Crippen molar-refractivity contribution in [3.63, 3.8) is 0 Å². The number of aromatic nitrogens is 2. The molecule has 0 bridgehead atoms. The van der Waals surface area contributed by atoms with Gasteiger partial charge in [0.2, 0.25) is 11.8 Å². The first-order valence-corrected chi connectivity index (χ1v) is 15.7. The molecule has 0 fully saturated rings. The summed E-state index contributed by atoms with van der Waals surface area (Å²) in [7, 11) is 0. The Bertz CT molecular complexity index is 2670. The van der Waals surface area contributed by atoms with Crippen LogP contribution in [0.3, 0.4) is 0 Å². The summed E-state index contributed by atoms with van der Waals surface area (Å²) in [5, 5.41) is 2.35. The third-order valence-corrected chi connectivity index (χ3v) is 9.86. The molecule has 0 radical (unpaired) electrons. The van der Waals surface area contributed by atoms with E-state index in [0.29, 0.717) is 34.6 Å². The van der Waals surface area contributed by atoms with Crippen molar-refractivity contribution >= 4 is 70.8 Å². The monoisotopic (exact) mass is 613 g/mol. The topological polar surface area (TPSA) is 73.8 Å². The minimum Gasteiger partial charge on any atom is -0.452 e. The number of thiophene rings is 1. The predicted octanol–water partition coefficient (Wildman–Crippen LogP) is 11.4. The third kappa shape index (κ3) is 3.25. The van der Waals surface area contributed by atoms with Crippen LogP contribution in [0.1, 0.15) is 0 Å². The van der Waals surface area contributed by atoms with E-state index in [0.717, 1.165) is 55.9 Å². The van der Waals surface area contributed by atoms with Crippen molar-refractivity contribution in [3.8, 4) is 45.9 Å². The highest BCUT2D eigenvalue weighted by Crippen LogP contribution is 2.63. The molecule has 2 aliphatic heterocycles. The van der Waals surface area contributed by atoms with Crippen molar-refractivity contribution < 1.29 is 18.3 Å². The molecular weight excluding hydrogens is 595 g/mol. The molecule has 9 aromatic rings. The van der Waals surface area contributed by atoms with Gasteiger partial charge in [-0.15, -0.1) is 11.3 Å². The van der Waals surface area contributed by atoms with Gasteiger partial charge in [0.15, 0.2) is 34.2 Å². The maximum atomic E-state index is 6.85. The number of hydrogen-bond donors (Lipinski definition) is 0. The van der Waals surface area contributed by atoms with Crippen LogP contribution >= 0.6 is 11.3 Å². The molecule has 11 rings (SSSR count). The maximum Gasteiger partial charge on any atom is 0.231 e. The van der Waals surface area contributed by atoms with E-state index in [-0.39, 0.29) is 0 Å². The van der Waals surface area contributed by atoms with Crippen molar-refractivity contribution in [3.05, 3.63) is 115 Å². The Morgan fingerprint density at radius 3 is 2.00 bits per heavy atom. The summed E-state index contributed by atoms with van der Waals surface area (Å²) < 4.78 is 28.5. The predicted molar refractivity (Wildman–Crippen MR) is 180 cm³/mol. The Hall–Kier alpha value is -6.12. The maximum absolute atomic E-state index is 6.85. The van der Waals surface area contributed by atoms with Gasteiger partial charge in [-0.1, -0.05) is 48.5 Å². The molecule has 0 saturated carbocycles. The number of hydrogen-bond acceptors (Lipinski definition) is 8. The second kappa shape index (κ2) is 8.74. The molecular formula is C38H19N3O4S. The summed E-state index contributed by atoms with van der Waals surface area (Å²) in [5.41, 5.74) is 7.08. The number of fused-ring (bicyclic) bond motifs is 9. The SMILES string of the molecule is c1cc(-c2nc3ccccc3o2)c2c(c1)N1c3cc4sc5ccccc5c4cc3Oc3c(-c4nc5ccccc5o4)ccc(c31)O2. The van der Waals surface area contributed by atoms with E-state index in [9.17, 15) is 0 Å². The summed E-state index contributed by atoms with van der Waals surface area (Å²) in [6.45, 7) is 0. The van der Waals surface area contributed by atoms with E-state index in [2.05, 4.69) is 47.4 Å². The van der Waals surface area contributed by atoms with Gasteiger partial charge < -0.3 is 18.3 Å². The first kappa shape index (κ1) is 24.2. The average Bonchev–Trinajstić information content (AvgIpc) is 3.82. The van der Waals surface area contributed by atoms with Gasteiger partial charge in [-0.2, -0.15) is 0 Å². The highest BCUT2D eigenvalue weighted by Gasteiger charge is 2.39. The fourth-order valence-electron chi connectivity index (χ4n) is 6.66. The summed E-state index contributed by atoms with van der Waals surface area (Å²) in [5.74, 6) is 3.64. The number of nitrogens with zero attached hydrogens (tertiary/aromatic N) is 3. The van der Waals surface area contributed by atoms with Gasteiger partial charge in [0, 0.05) is 20.2 Å². The van der Waals surface area contributed by atoms with Gasteiger partial charge in [0.05, 0.1) is 22.5 Å². The fourth-order valence-corrected chi connectivity index (χ4v) is 7.78. The Morgan fingerprint density at radius 2 is 1.22 bits per heavy atom.